The van der Waals surface area contributed by atoms with Gasteiger partial charge in [0, 0.05) is 17.9 Å². The summed E-state index contributed by atoms with van der Waals surface area (Å²) in [6.45, 7) is 1.37. The molecule has 1 fully saturated rings. The van der Waals surface area contributed by atoms with E-state index in [1.165, 1.54) is 18.9 Å². The highest BCUT2D eigenvalue weighted by atomic mass is 32.2. The number of thioether (sulfide) groups is 1. The lowest BCUT2D eigenvalue weighted by Crippen LogP contribution is -2.41. The molecule has 1 aliphatic heterocycles. The lowest BCUT2D eigenvalue weighted by molar-refractivity contribution is -0.137. The van der Waals surface area contributed by atoms with Gasteiger partial charge in [0.2, 0.25) is 0 Å². The van der Waals surface area contributed by atoms with Crippen molar-refractivity contribution in [2.45, 2.75) is 17.7 Å². The van der Waals surface area contributed by atoms with Gasteiger partial charge in [-0.1, -0.05) is 0 Å². The molecule has 0 amide bonds. The number of carbonyl (C=O) groups excluding carboxylic acids is 1. The average Bonchev–Trinajstić information content (AvgIpc) is 2.16. The summed E-state index contributed by atoms with van der Waals surface area (Å²) in [5.74, 6) is 0.154. The van der Waals surface area contributed by atoms with Gasteiger partial charge in [-0.3, -0.25) is 4.79 Å². The van der Waals surface area contributed by atoms with Gasteiger partial charge in [-0.15, -0.1) is 11.8 Å². The number of methoxy groups -OCH3 is 1. The van der Waals surface area contributed by atoms with Crippen LogP contribution in [0.4, 0.5) is 0 Å². The molecule has 0 aromatic carbocycles. The molecule has 4 nitrogen and oxygen atoms in total. The number of ether oxygens (including phenoxy) is 2. The van der Waals surface area contributed by atoms with E-state index < -0.39 is 0 Å². The molecule has 1 heterocycles. The zero-order chi connectivity index (χ0) is 9.68. The van der Waals surface area contributed by atoms with E-state index in [1.54, 1.807) is 0 Å². The van der Waals surface area contributed by atoms with Crippen LogP contribution in [0.25, 0.3) is 0 Å². The average molecular weight is 205 g/mol. The topological polar surface area (TPSA) is 61.5 Å². The summed E-state index contributed by atoms with van der Waals surface area (Å²) in [6.07, 6.45) is 0.874. The van der Waals surface area contributed by atoms with Crippen LogP contribution in [0.1, 0.15) is 6.42 Å². The van der Waals surface area contributed by atoms with E-state index in [-0.39, 0.29) is 17.3 Å². The molecule has 0 spiro atoms. The molecule has 0 aliphatic carbocycles. The van der Waals surface area contributed by atoms with Gasteiger partial charge in [0.1, 0.15) is 0 Å². The van der Waals surface area contributed by atoms with Crippen LogP contribution in [0.3, 0.4) is 0 Å². The van der Waals surface area contributed by atoms with Crippen LogP contribution in [0.5, 0.6) is 0 Å². The Balaban J connectivity index is 2.22. The predicted molar refractivity (Wildman–Crippen MR) is 51.7 cm³/mol. The molecule has 1 saturated heterocycles. The van der Waals surface area contributed by atoms with Gasteiger partial charge in [-0.05, 0) is 6.42 Å². The van der Waals surface area contributed by atoms with Crippen molar-refractivity contribution in [1.82, 2.24) is 0 Å². The Bertz CT molecular complexity index is 177. The molecule has 76 valence electrons. The molecule has 2 atom stereocenters. The third kappa shape index (κ3) is 3.54. The van der Waals surface area contributed by atoms with Gasteiger partial charge in [0.25, 0.3) is 0 Å². The van der Waals surface area contributed by atoms with Crippen molar-refractivity contribution >= 4 is 17.7 Å². The number of hydrogen-bond acceptors (Lipinski definition) is 5. The quantitative estimate of drug-likeness (QED) is 0.658. The summed E-state index contributed by atoms with van der Waals surface area (Å²) >= 11 is 1.51. The van der Waals surface area contributed by atoms with Crippen LogP contribution in [-0.4, -0.2) is 43.3 Å². The van der Waals surface area contributed by atoms with Crippen LogP contribution in [0, 0.1) is 0 Å². The monoisotopic (exact) mass is 205 g/mol. The Morgan fingerprint density at radius 1 is 1.77 bits per heavy atom. The van der Waals surface area contributed by atoms with Gasteiger partial charge in [-0.25, -0.2) is 0 Å². The summed E-state index contributed by atoms with van der Waals surface area (Å²) < 4.78 is 9.80. The third-order valence-corrected chi connectivity index (χ3v) is 3.31. The second-order valence-electron chi connectivity index (χ2n) is 2.95. The molecule has 1 aliphatic rings. The molecule has 0 bridgehead atoms. The molecule has 0 aromatic rings. The molecule has 5 heteroatoms. The standard InChI is InChI=1S/C8H15NO3S/c1-11-8(10)5-13-7-4-12-3-2-6(7)9/h6-7H,2-5,9H2,1H3. The van der Waals surface area contributed by atoms with Gasteiger partial charge >= 0.3 is 5.97 Å². The smallest absolute Gasteiger partial charge is 0.315 e. The van der Waals surface area contributed by atoms with Crippen LogP contribution in [0.15, 0.2) is 0 Å². The second kappa shape index (κ2) is 5.47. The lowest BCUT2D eigenvalue weighted by Gasteiger charge is -2.27. The SMILES string of the molecule is COC(=O)CSC1COCCC1N. The number of esters is 1. The Kier molecular flexibility index (Phi) is 4.55. The first-order valence-corrected chi connectivity index (χ1v) is 5.30. The Morgan fingerprint density at radius 2 is 2.54 bits per heavy atom. The minimum atomic E-state index is -0.206. The fourth-order valence-corrected chi connectivity index (χ4v) is 2.18. The van der Waals surface area contributed by atoms with E-state index in [0.29, 0.717) is 12.4 Å². The normalized spacial score (nSPS) is 28.5. The van der Waals surface area contributed by atoms with E-state index in [0.717, 1.165) is 13.0 Å². The van der Waals surface area contributed by atoms with Crippen molar-refractivity contribution < 1.29 is 14.3 Å². The Labute approximate surface area is 82.1 Å². The molecule has 2 unspecified atom stereocenters. The highest BCUT2D eigenvalue weighted by molar-refractivity contribution is 8.00. The van der Waals surface area contributed by atoms with Gasteiger partial charge in [0.15, 0.2) is 0 Å². The first-order valence-electron chi connectivity index (χ1n) is 4.25. The summed E-state index contributed by atoms with van der Waals surface area (Å²) in [7, 11) is 1.39. The molecule has 2 N–H and O–H groups in total. The largest absolute Gasteiger partial charge is 0.468 e. The van der Waals surface area contributed by atoms with Gasteiger partial charge in [-0.2, -0.15) is 0 Å². The number of hydrogen-bond donors (Lipinski definition) is 1. The molecule has 13 heavy (non-hydrogen) atoms. The van der Waals surface area contributed by atoms with Crippen molar-refractivity contribution in [1.29, 1.82) is 0 Å². The summed E-state index contributed by atoms with van der Waals surface area (Å²) in [5, 5.41) is 0.229. The molecular formula is C8H15NO3S. The van der Waals surface area contributed by atoms with E-state index in [2.05, 4.69) is 4.74 Å². The highest BCUT2D eigenvalue weighted by Gasteiger charge is 2.23. The maximum absolute atomic E-state index is 10.8. The summed E-state index contributed by atoms with van der Waals surface area (Å²) in [5.41, 5.74) is 5.85. The lowest BCUT2D eigenvalue weighted by atomic mass is 10.1. The van der Waals surface area contributed by atoms with E-state index in [4.69, 9.17) is 10.5 Å². The van der Waals surface area contributed by atoms with Crippen LogP contribution in [0.2, 0.25) is 0 Å². The highest BCUT2D eigenvalue weighted by Crippen LogP contribution is 2.19. The molecule has 0 saturated carbocycles. The van der Waals surface area contributed by atoms with Crippen LogP contribution < -0.4 is 5.73 Å². The van der Waals surface area contributed by atoms with Crippen LogP contribution >= 0.6 is 11.8 Å². The van der Waals surface area contributed by atoms with Crippen molar-refractivity contribution in [2.24, 2.45) is 5.73 Å². The van der Waals surface area contributed by atoms with E-state index in [9.17, 15) is 4.79 Å². The van der Waals surface area contributed by atoms with Crippen molar-refractivity contribution in [3.8, 4) is 0 Å². The Morgan fingerprint density at radius 3 is 3.15 bits per heavy atom. The van der Waals surface area contributed by atoms with E-state index >= 15 is 0 Å². The first kappa shape index (κ1) is 10.8. The third-order valence-electron chi connectivity index (χ3n) is 2.00. The number of carbonyl (C=O) groups is 1. The maximum Gasteiger partial charge on any atom is 0.315 e. The zero-order valence-electron chi connectivity index (χ0n) is 7.69. The minimum Gasteiger partial charge on any atom is -0.468 e. The summed E-state index contributed by atoms with van der Waals surface area (Å²) in [6, 6.07) is 0.142. The van der Waals surface area contributed by atoms with Gasteiger partial charge < -0.3 is 15.2 Å². The van der Waals surface area contributed by atoms with Crippen molar-refractivity contribution in [3.63, 3.8) is 0 Å². The Hall–Kier alpha value is -0.260. The van der Waals surface area contributed by atoms with Crippen molar-refractivity contribution in [2.75, 3.05) is 26.1 Å². The molecule has 0 aromatic heterocycles. The zero-order valence-corrected chi connectivity index (χ0v) is 8.51. The fraction of sp³-hybridized carbons (Fsp3) is 0.875. The van der Waals surface area contributed by atoms with Gasteiger partial charge in [0.05, 0.1) is 19.5 Å². The predicted octanol–water partition coefficient (Wildman–Crippen LogP) is 0.00880. The summed E-state index contributed by atoms with van der Waals surface area (Å²) in [4.78, 5) is 10.8. The van der Waals surface area contributed by atoms with E-state index in [1.807, 2.05) is 0 Å². The molecule has 1 rings (SSSR count). The molecule has 0 radical (unpaired) electrons. The minimum absolute atomic E-state index is 0.142. The van der Waals surface area contributed by atoms with Crippen LogP contribution in [-0.2, 0) is 14.3 Å². The van der Waals surface area contributed by atoms with Crippen molar-refractivity contribution in [3.05, 3.63) is 0 Å². The first-order chi connectivity index (χ1) is 6.24. The number of rotatable bonds is 3. The second-order valence-corrected chi connectivity index (χ2v) is 4.18. The molecular weight excluding hydrogens is 190 g/mol. The maximum atomic E-state index is 10.8. The fourth-order valence-electron chi connectivity index (χ4n) is 1.13. The number of nitrogens with two attached hydrogens (primary N) is 1.